The van der Waals surface area contributed by atoms with Gasteiger partial charge in [-0.1, -0.05) is 20.3 Å². The fraction of sp³-hybridized carbons (Fsp3) is 0.733. The van der Waals surface area contributed by atoms with Crippen LogP contribution in [0.15, 0.2) is 29.2 Å². The molecule has 0 heterocycles. The fourth-order valence-corrected chi connectivity index (χ4v) is 6.13. The smallest absolute Gasteiger partial charge is 0.444 e. The van der Waals surface area contributed by atoms with E-state index in [1.54, 1.807) is 25.8 Å². The zero-order valence-electron chi connectivity index (χ0n) is 27.7. The molecule has 0 aliphatic carbocycles. The van der Waals surface area contributed by atoms with Crippen molar-refractivity contribution in [3.8, 4) is 0 Å². The summed E-state index contributed by atoms with van der Waals surface area (Å²) in [6.45, 7) is 20.4. The number of carbonyl (C=O) groups is 2. The van der Waals surface area contributed by atoms with Crippen molar-refractivity contribution in [1.29, 1.82) is 0 Å². The summed E-state index contributed by atoms with van der Waals surface area (Å²) in [5.41, 5.74) is -0.519. The third kappa shape index (κ3) is 18.6. The number of anilines is 1. The molecule has 0 fully saturated rings. The normalized spacial score (nSPS) is 13.2. The average molecular weight is 648 g/mol. The Morgan fingerprint density at radius 1 is 0.884 bits per heavy atom. The maximum absolute atomic E-state index is 13.1. The number of hydrogen-bond acceptors (Lipinski definition) is 10. The van der Waals surface area contributed by atoms with Crippen LogP contribution in [0.5, 0.6) is 0 Å². The highest BCUT2D eigenvalue weighted by Gasteiger charge is 2.30. The lowest BCUT2D eigenvalue weighted by molar-refractivity contribution is 0.0524. The number of nitrogens with zero attached hydrogens (tertiary/aromatic N) is 1. The van der Waals surface area contributed by atoms with Crippen molar-refractivity contribution >= 4 is 37.6 Å². The molecule has 0 spiro atoms. The lowest BCUT2D eigenvalue weighted by Crippen LogP contribution is -2.36. The Bertz CT molecular complexity index is 1000. The van der Waals surface area contributed by atoms with E-state index in [1.807, 2.05) is 65.8 Å². The van der Waals surface area contributed by atoms with Gasteiger partial charge in [0.1, 0.15) is 11.2 Å². The highest BCUT2D eigenvalue weighted by atomic mass is 32.2. The number of amides is 2. The number of phosphoric acid groups is 1. The minimum Gasteiger partial charge on any atom is -0.444 e. The van der Waals surface area contributed by atoms with Gasteiger partial charge in [0.15, 0.2) is 0 Å². The van der Waals surface area contributed by atoms with Crippen molar-refractivity contribution in [2.45, 2.75) is 111 Å². The molecule has 0 saturated heterocycles. The first-order valence-electron chi connectivity index (χ1n) is 15.0. The molecule has 0 radical (unpaired) electrons. The Morgan fingerprint density at radius 2 is 1.44 bits per heavy atom. The number of carbonyl (C=O) groups excluding carboxylic acids is 2. The van der Waals surface area contributed by atoms with E-state index in [9.17, 15) is 14.2 Å². The third-order valence-corrected chi connectivity index (χ3v) is 8.09. The van der Waals surface area contributed by atoms with Gasteiger partial charge in [-0.3, -0.25) is 18.9 Å². The molecule has 0 saturated carbocycles. The lowest BCUT2D eigenvalue weighted by Gasteiger charge is -2.32. The summed E-state index contributed by atoms with van der Waals surface area (Å²) < 4.78 is 42.5. The van der Waals surface area contributed by atoms with Gasteiger partial charge in [0.05, 0.1) is 19.8 Å². The molecule has 2 amide bonds. The minimum atomic E-state index is -3.70. The van der Waals surface area contributed by atoms with E-state index in [0.29, 0.717) is 24.6 Å². The Kier molecular flexibility index (Phi) is 17.2. The van der Waals surface area contributed by atoms with Crippen molar-refractivity contribution in [2.75, 3.05) is 38.2 Å². The standard InChI is InChI=1S/C30H54N3O8PS/c1-11-37-42(36,38-12-2)39-22-25(15-13-14-20-31-27(34)40-29(5,6)7)33(21-23(3)4)43-26-18-16-24(17-19-26)32-28(35)41-30(8,9)10/h16-19,23,25H,11-15,20-22H2,1-10H3,(H,31,34)(H,32,35)/t25-/m0/s1. The Morgan fingerprint density at radius 3 is 1.95 bits per heavy atom. The summed E-state index contributed by atoms with van der Waals surface area (Å²) in [4.78, 5) is 25.1. The molecule has 1 aromatic rings. The maximum Gasteiger partial charge on any atom is 0.474 e. The number of benzene rings is 1. The van der Waals surface area contributed by atoms with Gasteiger partial charge in [0.25, 0.3) is 0 Å². The molecule has 1 atom stereocenters. The molecule has 43 heavy (non-hydrogen) atoms. The largest absolute Gasteiger partial charge is 0.474 e. The summed E-state index contributed by atoms with van der Waals surface area (Å²) in [6, 6.07) is 7.37. The quantitative estimate of drug-likeness (QED) is 0.0914. The van der Waals surface area contributed by atoms with Crippen LogP contribution in [-0.4, -0.2) is 66.6 Å². The predicted molar refractivity (Wildman–Crippen MR) is 172 cm³/mol. The summed E-state index contributed by atoms with van der Waals surface area (Å²) >= 11 is 1.56. The molecule has 1 rings (SSSR count). The number of ether oxygens (including phenoxy) is 2. The lowest BCUT2D eigenvalue weighted by atomic mass is 10.1. The zero-order chi connectivity index (χ0) is 32.7. The summed E-state index contributed by atoms with van der Waals surface area (Å²) in [5.74, 6) is 0.336. The van der Waals surface area contributed by atoms with Crippen LogP contribution in [0.4, 0.5) is 15.3 Å². The Labute approximate surface area is 263 Å². The van der Waals surface area contributed by atoms with Crippen molar-refractivity contribution in [2.24, 2.45) is 5.92 Å². The van der Waals surface area contributed by atoms with Gasteiger partial charge in [0.2, 0.25) is 0 Å². The molecule has 13 heteroatoms. The van der Waals surface area contributed by atoms with Crippen LogP contribution in [-0.2, 0) is 27.6 Å². The molecule has 2 N–H and O–H groups in total. The van der Waals surface area contributed by atoms with Gasteiger partial charge < -0.3 is 14.8 Å². The molecule has 0 aromatic heterocycles. The van der Waals surface area contributed by atoms with E-state index in [2.05, 4.69) is 28.8 Å². The Balaban J connectivity index is 3.01. The van der Waals surface area contributed by atoms with E-state index < -0.39 is 31.2 Å². The molecule has 0 aliphatic rings. The van der Waals surface area contributed by atoms with Crippen molar-refractivity contribution < 1.29 is 37.2 Å². The number of alkyl carbamates (subject to hydrolysis) is 1. The van der Waals surface area contributed by atoms with Gasteiger partial charge in [-0.2, -0.15) is 0 Å². The van der Waals surface area contributed by atoms with Gasteiger partial charge in [-0.15, -0.1) is 0 Å². The van der Waals surface area contributed by atoms with E-state index in [0.717, 1.165) is 24.3 Å². The molecule has 0 bridgehead atoms. The number of phosphoric ester groups is 1. The van der Waals surface area contributed by atoms with Crippen LogP contribution in [0.25, 0.3) is 0 Å². The van der Waals surface area contributed by atoms with Gasteiger partial charge >= 0.3 is 20.0 Å². The first kappa shape index (κ1) is 39.2. The number of unbranched alkanes of at least 4 members (excludes halogenated alkanes) is 1. The molecule has 0 aliphatic heterocycles. The third-order valence-electron chi connectivity index (χ3n) is 5.31. The van der Waals surface area contributed by atoms with Crippen LogP contribution in [0, 0.1) is 5.92 Å². The second-order valence-corrected chi connectivity index (χ2v) is 15.2. The topological polar surface area (TPSA) is 125 Å². The van der Waals surface area contributed by atoms with Crippen molar-refractivity contribution in [3.63, 3.8) is 0 Å². The maximum atomic E-state index is 13.1. The summed E-state index contributed by atoms with van der Waals surface area (Å²) in [6.07, 6.45) is 1.27. The first-order valence-corrected chi connectivity index (χ1v) is 17.2. The Hall–Kier alpha value is -1.82. The number of rotatable bonds is 18. The highest BCUT2D eigenvalue weighted by molar-refractivity contribution is 7.97. The fourth-order valence-electron chi connectivity index (χ4n) is 3.70. The predicted octanol–water partition coefficient (Wildman–Crippen LogP) is 8.26. The van der Waals surface area contributed by atoms with E-state index in [1.165, 1.54) is 0 Å². The second-order valence-electron chi connectivity index (χ2n) is 12.4. The summed E-state index contributed by atoms with van der Waals surface area (Å²) in [7, 11) is -3.70. The SMILES string of the molecule is CCOP(=O)(OCC)OC[C@H](CCCCNC(=O)OC(C)(C)C)N(CC(C)C)Sc1ccc(NC(=O)OC(C)(C)C)cc1. The van der Waals surface area contributed by atoms with Crippen LogP contribution in [0.2, 0.25) is 0 Å². The highest BCUT2D eigenvalue weighted by Crippen LogP contribution is 2.49. The van der Waals surface area contributed by atoms with Crippen LogP contribution < -0.4 is 10.6 Å². The van der Waals surface area contributed by atoms with Crippen LogP contribution in [0.1, 0.15) is 88.5 Å². The average Bonchev–Trinajstić information content (AvgIpc) is 2.84. The van der Waals surface area contributed by atoms with Gasteiger partial charge in [-0.25, -0.2) is 18.5 Å². The molecular formula is C30H54N3O8PS. The zero-order valence-corrected chi connectivity index (χ0v) is 29.4. The van der Waals surface area contributed by atoms with Crippen molar-refractivity contribution in [1.82, 2.24) is 9.62 Å². The van der Waals surface area contributed by atoms with Gasteiger partial charge in [-0.05, 0) is 110 Å². The molecule has 1 aromatic carbocycles. The van der Waals surface area contributed by atoms with Gasteiger partial charge in [0, 0.05) is 29.7 Å². The van der Waals surface area contributed by atoms with Crippen LogP contribution in [0.3, 0.4) is 0 Å². The van der Waals surface area contributed by atoms with Crippen LogP contribution >= 0.6 is 19.8 Å². The monoisotopic (exact) mass is 647 g/mol. The molecule has 0 unspecified atom stereocenters. The minimum absolute atomic E-state index is 0.134. The first-order chi connectivity index (χ1) is 19.9. The van der Waals surface area contributed by atoms with Crippen molar-refractivity contribution in [3.05, 3.63) is 24.3 Å². The molecule has 248 valence electrons. The molecular weight excluding hydrogens is 593 g/mol. The second kappa shape index (κ2) is 18.9. The number of hydrogen-bond donors (Lipinski definition) is 2. The van der Waals surface area contributed by atoms with E-state index >= 15 is 0 Å². The molecule has 11 nitrogen and oxygen atoms in total. The van der Waals surface area contributed by atoms with E-state index in [4.69, 9.17) is 23.0 Å². The van der Waals surface area contributed by atoms with E-state index in [-0.39, 0.29) is 25.9 Å². The number of nitrogens with one attached hydrogen (secondary N) is 2. The summed E-state index contributed by atoms with van der Waals surface area (Å²) in [5, 5.41) is 5.55.